The number of nitrogens with zero attached hydrogens (tertiary/aromatic N) is 2. The molecule has 1 heterocycles. The Morgan fingerprint density at radius 1 is 1.21 bits per heavy atom. The van der Waals surface area contributed by atoms with Crippen LogP contribution in [0.5, 0.6) is 5.75 Å². The molecule has 154 valence electrons. The van der Waals surface area contributed by atoms with Gasteiger partial charge in [-0.1, -0.05) is 32.9 Å². The number of carbonyl (C=O) groups excluding carboxylic acids is 2. The number of carbonyl (C=O) groups is 3. The van der Waals surface area contributed by atoms with E-state index in [1.54, 1.807) is 41.1 Å². The molecule has 0 saturated carbocycles. The van der Waals surface area contributed by atoms with Crippen LogP contribution in [0.3, 0.4) is 0 Å². The van der Waals surface area contributed by atoms with E-state index in [1.165, 1.54) is 0 Å². The van der Waals surface area contributed by atoms with Gasteiger partial charge in [0.15, 0.2) is 6.61 Å². The van der Waals surface area contributed by atoms with Crippen LogP contribution in [0.15, 0.2) is 24.3 Å². The Morgan fingerprint density at radius 3 is 2.43 bits per heavy atom. The molecule has 1 aliphatic heterocycles. The summed E-state index contributed by atoms with van der Waals surface area (Å²) < 4.78 is 5.11. The standard InChI is InChI=1S/C21H30N2O5/c1-21(2,3)12-18(24)23-11-5-6-17(23)20(27)22(4)13-15-7-9-16(10-8-15)28-14-19(25)26/h7-10,17H,5-6,11-14H2,1-4H3,(H,25,26). The molecule has 0 aromatic heterocycles. The molecule has 1 unspecified atom stereocenters. The summed E-state index contributed by atoms with van der Waals surface area (Å²) in [6.07, 6.45) is 1.97. The second-order valence-electron chi connectivity index (χ2n) is 8.50. The lowest BCUT2D eigenvalue weighted by molar-refractivity contribution is -0.144. The summed E-state index contributed by atoms with van der Waals surface area (Å²) in [6.45, 7) is 6.72. The van der Waals surface area contributed by atoms with Crippen LogP contribution in [0.2, 0.25) is 0 Å². The molecule has 7 nitrogen and oxygen atoms in total. The summed E-state index contributed by atoms with van der Waals surface area (Å²) in [4.78, 5) is 39.4. The minimum atomic E-state index is -1.03. The van der Waals surface area contributed by atoms with Crippen molar-refractivity contribution in [1.29, 1.82) is 0 Å². The van der Waals surface area contributed by atoms with Crippen LogP contribution >= 0.6 is 0 Å². The van der Waals surface area contributed by atoms with E-state index in [9.17, 15) is 14.4 Å². The van der Waals surface area contributed by atoms with E-state index in [1.807, 2.05) is 20.8 Å². The predicted octanol–water partition coefficient (Wildman–Crippen LogP) is 2.54. The lowest BCUT2D eigenvalue weighted by Crippen LogP contribution is -2.47. The normalized spacial score (nSPS) is 16.7. The maximum Gasteiger partial charge on any atom is 0.341 e. The van der Waals surface area contributed by atoms with E-state index in [2.05, 4.69) is 0 Å². The van der Waals surface area contributed by atoms with Gasteiger partial charge in [0.1, 0.15) is 11.8 Å². The van der Waals surface area contributed by atoms with Crippen molar-refractivity contribution in [2.75, 3.05) is 20.2 Å². The smallest absolute Gasteiger partial charge is 0.341 e. The number of amides is 2. The fourth-order valence-corrected chi connectivity index (χ4v) is 3.32. The summed E-state index contributed by atoms with van der Waals surface area (Å²) in [6, 6.07) is 6.59. The quantitative estimate of drug-likeness (QED) is 0.773. The lowest BCUT2D eigenvalue weighted by atomic mass is 9.91. The van der Waals surface area contributed by atoms with Gasteiger partial charge in [-0.25, -0.2) is 4.79 Å². The first-order valence-corrected chi connectivity index (χ1v) is 9.55. The number of benzene rings is 1. The van der Waals surface area contributed by atoms with Gasteiger partial charge in [-0.15, -0.1) is 0 Å². The Balaban J connectivity index is 1.95. The minimum Gasteiger partial charge on any atom is -0.482 e. The van der Waals surface area contributed by atoms with E-state index >= 15 is 0 Å². The van der Waals surface area contributed by atoms with Gasteiger partial charge in [0, 0.05) is 26.6 Å². The zero-order chi connectivity index (χ0) is 20.9. The molecular weight excluding hydrogens is 360 g/mol. The molecule has 1 saturated heterocycles. The Bertz CT molecular complexity index is 709. The Hall–Kier alpha value is -2.57. The largest absolute Gasteiger partial charge is 0.482 e. The van der Waals surface area contributed by atoms with Gasteiger partial charge in [0.2, 0.25) is 11.8 Å². The van der Waals surface area contributed by atoms with Crippen molar-refractivity contribution < 1.29 is 24.2 Å². The van der Waals surface area contributed by atoms with E-state index in [4.69, 9.17) is 9.84 Å². The van der Waals surface area contributed by atoms with Gasteiger partial charge in [0.05, 0.1) is 0 Å². The van der Waals surface area contributed by atoms with Crippen LogP contribution in [0.1, 0.15) is 45.6 Å². The van der Waals surface area contributed by atoms with Crippen molar-refractivity contribution in [1.82, 2.24) is 9.80 Å². The topological polar surface area (TPSA) is 87.2 Å². The van der Waals surface area contributed by atoms with Crippen molar-refractivity contribution in [2.24, 2.45) is 5.41 Å². The fourth-order valence-electron chi connectivity index (χ4n) is 3.32. The predicted molar refractivity (Wildman–Crippen MR) is 105 cm³/mol. The molecule has 28 heavy (non-hydrogen) atoms. The molecule has 1 aromatic rings. The Labute approximate surface area is 166 Å². The van der Waals surface area contributed by atoms with Crippen molar-refractivity contribution in [3.8, 4) is 5.75 Å². The first-order chi connectivity index (χ1) is 13.1. The molecule has 1 atom stereocenters. The fraction of sp³-hybridized carbons (Fsp3) is 0.571. The summed E-state index contributed by atoms with van der Waals surface area (Å²) in [5, 5.41) is 8.64. The Morgan fingerprint density at radius 2 is 1.86 bits per heavy atom. The van der Waals surface area contributed by atoms with Crippen LogP contribution in [-0.2, 0) is 20.9 Å². The first-order valence-electron chi connectivity index (χ1n) is 9.55. The Kier molecular flexibility index (Phi) is 7.05. The molecule has 0 aliphatic carbocycles. The number of rotatable bonds is 7. The van der Waals surface area contributed by atoms with Gasteiger partial charge in [0.25, 0.3) is 0 Å². The molecule has 2 amide bonds. The van der Waals surface area contributed by atoms with Gasteiger partial charge in [-0.3, -0.25) is 9.59 Å². The van der Waals surface area contributed by atoms with Crippen LogP contribution < -0.4 is 4.74 Å². The monoisotopic (exact) mass is 390 g/mol. The SMILES string of the molecule is CN(Cc1ccc(OCC(=O)O)cc1)C(=O)C1CCCN1C(=O)CC(C)(C)C. The maximum atomic E-state index is 12.9. The molecule has 0 bridgehead atoms. The molecule has 2 rings (SSSR count). The van der Waals surface area contributed by atoms with Crippen LogP contribution in [0.25, 0.3) is 0 Å². The summed E-state index contributed by atoms with van der Waals surface area (Å²) >= 11 is 0. The molecule has 0 spiro atoms. The number of hydrogen-bond donors (Lipinski definition) is 1. The van der Waals surface area contributed by atoms with E-state index in [0.717, 1.165) is 12.0 Å². The number of likely N-dealkylation sites (tertiary alicyclic amines) is 1. The molecule has 1 fully saturated rings. The van der Waals surface area contributed by atoms with E-state index in [0.29, 0.717) is 31.7 Å². The second-order valence-corrected chi connectivity index (χ2v) is 8.50. The number of ether oxygens (including phenoxy) is 1. The number of likely N-dealkylation sites (N-methyl/N-ethyl adjacent to an activating group) is 1. The molecule has 7 heteroatoms. The number of carboxylic acids is 1. The highest BCUT2D eigenvalue weighted by Gasteiger charge is 2.36. The van der Waals surface area contributed by atoms with E-state index in [-0.39, 0.29) is 17.2 Å². The van der Waals surface area contributed by atoms with Crippen molar-refractivity contribution >= 4 is 17.8 Å². The average molecular weight is 390 g/mol. The lowest BCUT2D eigenvalue weighted by Gasteiger charge is -2.30. The van der Waals surface area contributed by atoms with Crippen LogP contribution in [0.4, 0.5) is 0 Å². The maximum absolute atomic E-state index is 12.9. The minimum absolute atomic E-state index is 0.0386. The highest BCUT2D eigenvalue weighted by atomic mass is 16.5. The first kappa shape index (κ1) is 21.7. The zero-order valence-corrected chi connectivity index (χ0v) is 17.1. The van der Waals surface area contributed by atoms with Gasteiger partial charge in [-0.2, -0.15) is 0 Å². The van der Waals surface area contributed by atoms with Gasteiger partial charge < -0.3 is 19.6 Å². The van der Waals surface area contributed by atoms with Gasteiger partial charge in [-0.05, 0) is 36.0 Å². The molecule has 0 radical (unpaired) electrons. The number of carboxylic acid groups (broad SMARTS) is 1. The molecule has 1 N–H and O–H groups in total. The third-order valence-electron chi connectivity index (χ3n) is 4.62. The van der Waals surface area contributed by atoms with Crippen LogP contribution in [0, 0.1) is 5.41 Å². The zero-order valence-electron chi connectivity index (χ0n) is 17.1. The number of aliphatic carboxylic acids is 1. The third kappa shape index (κ3) is 6.25. The summed E-state index contributed by atoms with van der Waals surface area (Å²) in [5.74, 6) is -0.575. The highest BCUT2D eigenvalue weighted by molar-refractivity contribution is 5.88. The van der Waals surface area contributed by atoms with Gasteiger partial charge >= 0.3 is 5.97 Å². The number of hydrogen-bond acceptors (Lipinski definition) is 4. The molecule has 1 aliphatic rings. The molecule has 1 aromatic carbocycles. The summed E-state index contributed by atoms with van der Waals surface area (Å²) in [5.41, 5.74) is 0.799. The van der Waals surface area contributed by atoms with E-state index < -0.39 is 18.6 Å². The third-order valence-corrected chi connectivity index (χ3v) is 4.62. The summed E-state index contributed by atoms with van der Waals surface area (Å²) in [7, 11) is 1.74. The molecular formula is C21H30N2O5. The highest BCUT2D eigenvalue weighted by Crippen LogP contribution is 2.26. The van der Waals surface area contributed by atoms with Crippen molar-refractivity contribution in [3.05, 3.63) is 29.8 Å². The second kappa shape index (κ2) is 9.08. The average Bonchev–Trinajstić information content (AvgIpc) is 3.08. The van der Waals surface area contributed by atoms with Crippen molar-refractivity contribution in [3.63, 3.8) is 0 Å². The van der Waals surface area contributed by atoms with Crippen molar-refractivity contribution in [2.45, 2.75) is 52.6 Å². The van der Waals surface area contributed by atoms with Crippen LogP contribution in [-0.4, -0.2) is 58.9 Å².